The van der Waals surface area contributed by atoms with E-state index in [2.05, 4.69) is 10.3 Å². The van der Waals surface area contributed by atoms with E-state index in [0.717, 1.165) is 19.3 Å². The van der Waals surface area contributed by atoms with Crippen molar-refractivity contribution in [3.8, 4) is 0 Å². The van der Waals surface area contributed by atoms with Crippen molar-refractivity contribution in [1.82, 2.24) is 10.3 Å². The molecule has 1 N–H and O–H groups in total. The summed E-state index contributed by atoms with van der Waals surface area (Å²) in [5.74, 6) is -1.35. The number of aromatic nitrogens is 1. The minimum absolute atomic E-state index is 0.000549. The van der Waals surface area contributed by atoms with Gasteiger partial charge in [0.05, 0.1) is 18.1 Å². The Balaban J connectivity index is 1.56. The molecular weight excluding hydrogens is 392 g/mol. The van der Waals surface area contributed by atoms with Crippen LogP contribution in [0.1, 0.15) is 58.5 Å². The number of rotatable bonds is 7. The van der Waals surface area contributed by atoms with E-state index in [4.69, 9.17) is 9.47 Å². The highest BCUT2D eigenvalue weighted by Crippen LogP contribution is 2.26. The quantitative estimate of drug-likeness (QED) is 0.696. The van der Waals surface area contributed by atoms with Gasteiger partial charge in [0.25, 0.3) is 5.91 Å². The van der Waals surface area contributed by atoms with E-state index in [0.29, 0.717) is 23.6 Å². The Morgan fingerprint density at radius 2 is 1.90 bits per heavy atom. The SMILES string of the molecule is CCOC(=O)[C@@H]1CCCC[C@@H]1NC(=O)c1csc(COC(=O)c2ccccc2)n1. The van der Waals surface area contributed by atoms with E-state index >= 15 is 0 Å². The lowest BCUT2D eigenvalue weighted by molar-refractivity contribution is -0.150. The van der Waals surface area contributed by atoms with Gasteiger partial charge in [-0.2, -0.15) is 0 Å². The highest BCUT2D eigenvalue weighted by molar-refractivity contribution is 7.09. The molecule has 1 aromatic carbocycles. The van der Waals surface area contributed by atoms with Crippen LogP contribution in [0.2, 0.25) is 0 Å². The van der Waals surface area contributed by atoms with Crippen LogP contribution in [0.4, 0.5) is 0 Å². The molecule has 1 heterocycles. The van der Waals surface area contributed by atoms with Crippen molar-refractivity contribution in [1.29, 1.82) is 0 Å². The maximum atomic E-state index is 12.6. The summed E-state index contributed by atoms with van der Waals surface area (Å²) in [7, 11) is 0. The van der Waals surface area contributed by atoms with Crippen molar-refractivity contribution in [2.45, 2.75) is 45.3 Å². The van der Waals surface area contributed by atoms with Crippen LogP contribution in [0.25, 0.3) is 0 Å². The number of carbonyl (C=O) groups is 3. The molecular formula is C21H24N2O5S. The van der Waals surface area contributed by atoms with Crippen LogP contribution < -0.4 is 5.32 Å². The number of hydrogen-bond donors (Lipinski definition) is 1. The second kappa shape index (κ2) is 10.2. The highest BCUT2D eigenvalue weighted by atomic mass is 32.1. The molecule has 29 heavy (non-hydrogen) atoms. The minimum atomic E-state index is -0.439. The third kappa shape index (κ3) is 5.63. The van der Waals surface area contributed by atoms with Crippen molar-refractivity contribution >= 4 is 29.2 Å². The molecule has 0 spiro atoms. The maximum absolute atomic E-state index is 12.6. The van der Waals surface area contributed by atoms with E-state index in [1.807, 2.05) is 6.07 Å². The van der Waals surface area contributed by atoms with Gasteiger partial charge in [0.1, 0.15) is 17.3 Å². The molecule has 7 nitrogen and oxygen atoms in total. The molecule has 0 bridgehead atoms. The standard InChI is InChI=1S/C21H24N2O5S/c1-2-27-21(26)15-10-6-7-11-16(15)23-19(24)17-13-29-18(22-17)12-28-20(25)14-8-4-3-5-9-14/h3-5,8-9,13,15-16H,2,6-7,10-12H2,1H3,(H,23,24)/t15-,16+/m1/s1. The van der Waals surface area contributed by atoms with Gasteiger partial charge in [-0.3, -0.25) is 9.59 Å². The number of nitrogens with one attached hydrogen (secondary N) is 1. The molecule has 154 valence electrons. The summed E-state index contributed by atoms with van der Waals surface area (Å²) in [6.07, 6.45) is 3.35. The average Bonchev–Trinajstić information content (AvgIpc) is 3.22. The topological polar surface area (TPSA) is 94.6 Å². The highest BCUT2D eigenvalue weighted by Gasteiger charge is 2.33. The van der Waals surface area contributed by atoms with Crippen LogP contribution >= 0.6 is 11.3 Å². The molecule has 1 aliphatic carbocycles. The number of esters is 2. The molecule has 2 aromatic rings. The lowest BCUT2D eigenvalue weighted by Crippen LogP contribution is -2.45. The number of hydrogen-bond acceptors (Lipinski definition) is 7. The Labute approximate surface area is 173 Å². The second-order valence-electron chi connectivity index (χ2n) is 6.79. The van der Waals surface area contributed by atoms with Gasteiger partial charge in [0, 0.05) is 11.4 Å². The van der Waals surface area contributed by atoms with E-state index in [-0.39, 0.29) is 36.1 Å². The van der Waals surface area contributed by atoms with Crippen LogP contribution in [0.5, 0.6) is 0 Å². The normalized spacial score (nSPS) is 18.7. The zero-order valence-electron chi connectivity index (χ0n) is 16.3. The van der Waals surface area contributed by atoms with Gasteiger partial charge in [-0.15, -0.1) is 11.3 Å². The number of ether oxygens (including phenoxy) is 2. The first-order chi connectivity index (χ1) is 14.1. The summed E-state index contributed by atoms with van der Waals surface area (Å²) in [5.41, 5.74) is 0.721. The van der Waals surface area contributed by atoms with E-state index in [9.17, 15) is 14.4 Å². The van der Waals surface area contributed by atoms with Crippen LogP contribution in [0.15, 0.2) is 35.7 Å². The molecule has 1 aromatic heterocycles. The van der Waals surface area contributed by atoms with Crippen molar-refractivity contribution in [2.24, 2.45) is 5.92 Å². The van der Waals surface area contributed by atoms with Gasteiger partial charge in [-0.25, -0.2) is 9.78 Å². The Morgan fingerprint density at radius 3 is 2.66 bits per heavy atom. The first kappa shape index (κ1) is 21.0. The molecule has 0 unspecified atom stereocenters. The molecule has 8 heteroatoms. The van der Waals surface area contributed by atoms with Crippen molar-refractivity contribution in [3.05, 3.63) is 52.0 Å². The van der Waals surface area contributed by atoms with Crippen molar-refractivity contribution < 1.29 is 23.9 Å². The molecule has 2 atom stereocenters. The van der Waals surface area contributed by atoms with Crippen LogP contribution in [-0.4, -0.2) is 35.5 Å². The first-order valence-electron chi connectivity index (χ1n) is 9.72. The predicted octanol–water partition coefficient (Wildman–Crippen LogP) is 3.35. The fourth-order valence-electron chi connectivity index (χ4n) is 3.34. The predicted molar refractivity (Wildman–Crippen MR) is 108 cm³/mol. The average molecular weight is 416 g/mol. The van der Waals surface area contributed by atoms with E-state index < -0.39 is 5.97 Å². The molecule has 3 rings (SSSR count). The fourth-order valence-corrected chi connectivity index (χ4v) is 4.03. The van der Waals surface area contributed by atoms with E-state index in [1.165, 1.54) is 11.3 Å². The van der Waals surface area contributed by atoms with Crippen LogP contribution in [0, 0.1) is 5.92 Å². The lowest BCUT2D eigenvalue weighted by atomic mass is 9.84. The molecule has 0 radical (unpaired) electrons. The second-order valence-corrected chi connectivity index (χ2v) is 7.73. The van der Waals surface area contributed by atoms with E-state index in [1.54, 1.807) is 36.6 Å². The van der Waals surface area contributed by atoms with Gasteiger partial charge in [-0.05, 0) is 31.9 Å². The summed E-state index contributed by atoms with van der Waals surface area (Å²) >= 11 is 1.25. The molecule has 0 saturated heterocycles. The number of amides is 1. The third-order valence-electron chi connectivity index (χ3n) is 4.79. The fraction of sp³-hybridized carbons (Fsp3) is 0.429. The largest absolute Gasteiger partial charge is 0.466 e. The Bertz CT molecular complexity index is 852. The zero-order valence-corrected chi connectivity index (χ0v) is 17.1. The monoisotopic (exact) mass is 416 g/mol. The zero-order chi connectivity index (χ0) is 20.6. The first-order valence-corrected chi connectivity index (χ1v) is 10.6. The van der Waals surface area contributed by atoms with Gasteiger partial charge in [-0.1, -0.05) is 31.0 Å². The third-order valence-corrected chi connectivity index (χ3v) is 5.61. The molecule has 0 aliphatic heterocycles. The summed E-state index contributed by atoms with van der Waals surface area (Å²) < 4.78 is 10.4. The molecule has 1 fully saturated rings. The van der Waals surface area contributed by atoms with Gasteiger partial charge in [0.15, 0.2) is 0 Å². The van der Waals surface area contributed by atoms with Crippen molar-refractivity contribution in [3.63, 3.8) is 0 Å². The Hall–Kier alpha value is -2.74. The number of benzene rings is 1. The molecule has 1 saturated carbocycles. The minimum Gasteiger partial charge on any atom is -0.466 e. The van der Waals surface area contributed by atoms with Gasteiger partial charge < -0.3 is 14.8 Å². The molecule has 1 amide bonds. The van der Waals surface area contributed by atoms with Crippen molar-refractivity contribution in [2.75, 3.05) is 6.61 Å². The van der Waals surface area contributed by atoms with Crippen LogP contribution in [0.3, 0.4) is 0 Å². The Morgan fingerprint density at radius 1 is 1.14 bits per heavy atom. The number of thiazole rings is 1. The number of carbonyl (C=O) groups excluding carboxylic acids is 3. The maximum Gasteiger partial charge on any atom is 0.338 e. The summed E-state index contributed by atoms with van der Waals surface area (Å²) in [5, 5.41) is 5.09. The lowest BCUT2D eigenvalue weighted by Gasteiger charge is -2.30. The summed E-state index contributed by atoms with van der Waals surface area (Å²) in [6, 6.07) is 8.44. The Kier molecular flexibility index (Phi) is 7.35. The van der Waals surface area contributed by atoms with Gasteiger partial charge >= 0.3 is 11.9 Å². The molecule has 1 aliphatic rings. The summed E-state index contributed by atoms with van der Waals surface area (Å²) in [4.78, 5) is 41.0. The number of nitrogens with zero attached hydrogens (tertiary/aromatic N) is 1. The van der Waals surface area contributed by atoms with Gasteiger partial charge in [0.2, 0.25) is 0 Å². The summed E-state index contributed by atoms with van der Waals surface area (Å²) in [6.45, 7) is 2.10. The van der Waals surface area contributed by atoms with Crippen LogP contribution in [-0.2, 0) is 20.9 Å². The smallest absolute Gasteiger partial charge is 0.338 e.